The first-order valence-corrected chi connectivity index (χ1v) is 10.2. The highest BCUT2D eigenvalue weighted by molar-refractivity contribution is 6.09. The Bertz CT molecular complexity index is 922. The van der Waals surface area contributed by atoms with E-state index in [-0.39, 0.29) is 18.4 Å². The topological polar surface area (TPSA) is 69.7 Å². The highest BCUT2D eigenvalue weighted by Gasteiger charge is 2.52. The lowest BCUT2D eigenvalue weighted by molar-refractivity contribution is -0.142. The van der Waals surface area contributed by atoms with E-state index >= 15 is 0 Å². The van der Waals surface area contributed by atoms with Gasteiger partial charge in [0, 0.05) is 12.1 Å². The van der Waals surface area contributed by atoms with Gasteiger partial charge in [-0.3, -0.25) is 14.5 Å². The standard InChI is InChI=1S/C24H29N3O3/c1-5-24(19-14-10-7-11-15-19)21(29)26(22(30)25-24)17-20(28)27(23(2,3)4)16-18-12-8-6-9-13-18/h6-15H,5,16-17H2,1-4H3,(H,25,30)/t24-/m0/s1. The SMILES string of the molecule is CC[C@@]1(c2ccccc2)NC(=O)N(CC(=O)N(Cc2ccccc2)C(C)(C)C)C1=O. The third-order valence-corrected chi connectivity index (χ3v) is 5.56. The zero-order valence-electron chi connectivity index (χ0n) is 18.0. The van der Waals surface area contributed by atoms with Crippen molar-refractivity contribution in [3.05, 3.63) is 71.8 Å². The van der Waals surface area contributed by atoms with Crippen molar-refractivity contribution in [1.29, 1.82) is 0 Å². The average molecular weight is 408 g/mol. The molecule has 0 bridgehead atoms. The maximum absolute atomic E-state index is 13.3. The molecule has 158 valence electrons. The van der Waals surface area contributed by atoms with Crippen LogP contribution in [0.4, 0.5) is 4.79 Å². The lowest BCUT2D eigenvalue weighted by Gasteiger charge is -2.36. The second-order valence-corrected chi connectivity index (χ2v) is 8.58. The number of rotatable bonds is 6. The first-order valence-electron chi connectivity index (χ1n) is 10.2. The molecule has 1 fully saturated rings. The van der Waals surface area contributed by atoms with Gasteiger partial charge in [0.2, 0.25) is 5.91 Å². The fourth-order valence-corrected chi connectivity index (χ4v) is 3.82. The van der Waals surface area contributed by atoms with E-state index in [1.807, 2.05) is 88.4 Å². The Hall–Kier alpha value is -3.15. The highest BCUT2D eigenvalue weighted by atomic mass is 16.2. The van der Waals surface area contributed by atoms with E-state index in [1.54, 1.807) is 4.90 Å². The van der Waals surface area contributed by atoms with Crippen LogP contribution in [0.15, 0.2) is 60.7 Å². The fraction of sp³-hybridized carbons (Fsp3) is 0.375. The van der Waals surface area contributed by atoms with Gasteiger partial charge >= 0.3 is 6.03 Å². The minimum atomic E-state index is -1.13. The number of imide groups is 1. The molecule has 3 rings (SSSR count). The van der Waals surface area contributed by atoms with Crippen LogP contribution >= 0.6 is 0 Å². The Morgan fingerprint density at radius 2 is 1.57 bits per heavy atom. The Labute approximate surface area is 177 Å². The summed E-state index contributed by atoms with van der Waals surface area (Å²) in [4.78, 5) is 42.0. The summed E-state index contributed by atoms with van der Waals surface area (Å²) < 4.78 is 0. The van der Waals surface area contributed by atoms with E-state index in [1.165, 1.54) is 0 Å². The van der Waals surface area contributed by atoms with Crippen LogP contribution in [0.2, 0.25) is 0 Å². The first kappa shape index (κ1) is 21.6. The summed E-state index contributed by atoms with van der Waals surface area (Å²) >= 11 is 0. The minimum absolute atomic E-state index is 0.269. The number of hydrogen-bond acceptors (Lipinski definition) is 3. The van der Waals surface area contributed by atoms with Crippen LogP contribution < -0.4 is 5.32 Å². The predicted octanol–water partition coefficient (Wildman–Crippen LogP) is 3.67. The summed E-state index contributed by atoms with van der Waals surface area (Å²) in [7, 11) is 0. The zero-order valence-corrected chi connectivity index (χ0v) is 18.0. The molecule has 2 aromatic rings. The number of urea groups is 1. The van der Waals surface area contributed by atoms with Gasteiger partial charge < -0.3 is 10.2 Å². The second-order valence-electron chi connectivity index (χ2n) is 8.58. The van der Waals surface area contributed by atoms with E-state index in [2.05, 4.69) is 5.32 Å². The normalized spacial score (nSPS) is 19.0. The minimum Gasteiger partial charge on any atom is -0.332 e. The highest BCUT2D eigenvalue weighted by Crippen LogP contribution is 2.32. The van der Waals surface area contributed by atoms with Crippen LogP contribution in [0, 0.1) is 0 Å². The largest absolute Gasteiger partial charge is 0.332 e. The molecule has 0 radical (unpaired) electrons. The van der Waals surface area contributed by atoms with Crippen molar-refractivity contribution in [2.24, 2.45) is 0 Å². The quantitative estimate of drug-likeness (QED) is 0.743. The summed E-state index contributed by atoms with van der Waals surface area (Å²) in [6, 6.07) is 18.3. The number of nitrogens with zero attached hydrogens (tertiary/aromatic N) is 2. The van der Waals surface area contributed by atoms with Gasteiger partial charge in [0.1, 0.15) is 12.1 Å². The lowest BCUT2D eigenvalue weighted by atomic mass is 9.87. The van der Waals surface area contributed by atoms with Gasteiger partial charge in [0.05, 0.1) is 0 Å². The van der Waals surface area contributed by atoms with Crippen molar-refractivity contribution in [3.8, 4) is 0 Å². The summed E-state index contributed by atoms with van der Waals surface area (Å²) in [5, 5.41) is 2.83. The molecule has 6 nitrogen and oxygen atoms in total. The van der Waals surface area contributed by atoms with E-state index in [4.69, 9.17) is 0 Å². The fourth-order valence-electron chi connectivity index (χ4n) is 3.82. The molecule has 0 aliphatic carbocycles. The molecule has 0 spiro atoms. The smallest absolute Gasteiger partial charge is 0.325 e. The molecule has 30 heavy (non-hydrogen) atoms. The number of nitrogens with one attached hydrogen (secondary N) is 1. The van der Waals surface area contributed by atoms with Gasteiger partial charge in [0.15, 0.2) is 0 Å². The first-order chi connectivity index (χ1) is 14.2. The molecule has 1 heterocycles. The van der Waals surface area contributed by atoms with Crippen LogP contribution in [0.5, 0.6) is 0 Å². The summed E-state index contributed by atoms with van der Waals surface area (Å²) in [5.41, 5.74) is 0.112. The summed E-state index contributed by atoms with van der Waals surface area (Å²) in [5.74, 6) is -0.655. The second kappa shape index (κ2) is 8.30. The molecule has 0 saturated carbocycles. The molecule has 1 atom stereocenters. The number of carbonyl (C=O) groups is 3. The van der Waals surface area contributed by atoms with Gasteiger partial charge in [-0.15, -0.1) is 0 Å². The van der Waals surface area contributed by atoms with Crippen molar-refractivity contribution in [1.82, 2.24) is 15.1 Å². The van der Waals surface area contributed by atoms with Crippen LogP contribution in [0.1, 0.15) is 45.2 Å². The van der Waals surface area contributed by atoms with Gasteiger partial charge in [-0.2, -0.15) is 0 Å². The van der Waals surface area contributed by atoms with Crippen LogP contribution in [0.3, 0.4) is 0 Å². The summed E-state index contributed by atoms with van der Waals surface area (Å²) in [6.07, 6.45) is 0.402. The number of benzene rings is 2. The van der Waals surface area contributed by atoms with E-state index in [9.17, 15) is 14.4 Å². The van der Waals surface area contributed by atoms with Crippen molar-refractivity contribution in [2.75, 3.05) is 6.54 Å². The van der Waals surface area contributed by atoms with Crippen LogP contribution in [-0.2, 0) is 21.7 Å². The lowest BCUT2D eigenvalue weighted by Crippen LogP contribution is -2.50. The Kier molecular flexibility index (Phi) is 5.97. The van der Waals surface area contributed by atoms with Crippen molar-refractivity contribution in [3.63, 3.8) is 0 Å². The van der Waals surface area contributed by atoms with Crippen LogP contribution in [0.25, 0.3) is 0 Å². The molecule has 0 aromatic heterocycles. The molecular formula is C24H29N3O3. The maximum atomic E-state index is 13.3. The molecule has 2 aromatic carbocycles. The number of amides is 4. The van der Waals surface area contributed by atoms with Crippen molar-refractivity contribution < 1.29 is 14.4 Å². The van der Waals surface area contributed by atoms with Gasteiger partial charge in [0.25, 0.3) is 5.91 Å². The molecule has 1 aliphatic heterocycles. The van der Waals surface area contributed by atoms with Gasteiger partial charge in [-0.1, -0.05) is 67.6 Å². The van der Waals surface area contributed by atoms with E-state index in [0.29, 0.717) is 13.0 Å². The monoisotopic (exact) mass is 407 g/mol. The van der Waals surface area contributed by atoms with Gasteiger partial charge in [-0.05, 0) is 38.3 Å². The zero-order chi connectivity index (χ0) is 21.9. The van der Waals surface area contributed by atoms with E-state index < -0.39 is 17.1 Å². The third-order valence-electron chi connectivity index (χ3n) is 5.56. The Morgan fingerprint density at radius 3 is 2.10 bits per heavy atom. The molecular weight excluding hydrogens is 378 g/mol. The molecule has 1 N–H and O–H groups in total. The molecule has 0 unspecified atom stereocenters. The van der Waals surface area contributed by atoms with Crippen LogP contribution in [-0.4, -0.2) is 39.7 Å². The molecule has 4 amide bonds. The average Bonchev–Trinajstić information content (AvgIpc) is 2.97. The Morgan fingerprint density at radius 1 is 1.00 bits per heavy atom. The Balaban J connectivity index is 1.84. The molecule has 1 saturated heterocycles. The molecule has 6 heteroatoms. The van der Waals surface area contributed by atoms with Crippen molar-refractivity contribution in [2.45, 2.75) is 51.7 Å². The molecule has 1 aliphatic rings. The number of hydrogen-bond donors (Lipinski definition) is 1. The van der Waals surface area contributed by atoms with Gasteiger partial charge in [-0.25, -0.2) is 4.79 Å². The maximum Gasteiger partial charge on any atom is 0.325 e. The van der Waals surface area contributed by atoms with Crippen molar-refractivity contribution >= 4 is 17.8 Å². The van der Waals surface area contributed by atoms with E-state index in [0.717, 1.165) is 16.0 Å². The summed E-state index contributed by atoms with van der Waals surface area (Å²) in [6.45, 7) is 7.81. The number of carbonyl (C=O) groups excluding carboxylic acids is 3. The third kappa shape index (κ3) is 4.08. The predicted molar refractivity (Wildman–Crippen MR) is 115 cm³/mol.